The third kappa shape index (κ3) is 1.77. The average molecular weight is 242 g/mol. The zero-order valence-electron chi connectivity index (χ0n) is 10.1. The first-order valence-electron chi connectivity index (χ1n) is 5.95. The Morgan fingerprint density at radius 1 is 1.12 bits per heavy atom. The first-order chi connectivity index (χ1) is 8.27. The molecule has 2 aliphatic rings. The van der Waals surface area contributed by atoms with E-state index in [-0.39, 0.29) is 0 Å². The average Bonchev–Trinajstić information content (AvgIpc) is 2.68. The number of nitrogens with zero attached hydrogens (tertiary/aromatic N) is 1. The highest BCUT2D eigenvalue weighted by atomic mass is 32.2. The molecule has 0 N–H and O–H groups in total. The molecule has 17 heavy (non-hydrogen) atoms. The van der Waals surface area contributed by atoms with E-state index in [1.54, 1.807) is 0 Å². The summed E-state index contributed by atoms with van der Waals surface area (Å²) in [6.45, 7) is 2.18. The van der Waals surface area contributed by atoms with Crippen molar-refractivity contribution in [1.82, 2.24) is 0 Å². The van der Waals surface area contributed by atoms with Gasteiger partial charge in [-0.05, 0) is 36.4 Å². The van der Waals surface area contributed by atoms with Crippen LogP contribution in [0.25, 0.3) is 0 Å². The number of benzene rings is 1. The normalized spacial score (nSPS) is 26.5. The number of hydrogen-bond acceptors (Lipinski definition) is 1. The summed E-state index contributed by atoms with van der Waals surface area (Å²) in [5.41, 5.74) is 2.73. The van der Waals surface area contributed by atoms with Crippen molar-refractivity contribution in [3.8, 4) is 0 Å². The van der Waals surface area contributed by atoms with Crippen LogP contribution >= 0.6 is 11.8 Å². The Bertz CT molecular complexity index is 540. The van der Waals surface area contributed by atoms with Gasteiger partial charge in [0.05, 0.1) is 10.8 Å². The van der Waals surface area contributed by atoms with Crippen LogP contribution in [0.15, 0.2) is 48.6 Å². The fourth-order valence-electron chi connectivity index (χ4n) is 2.45. The Morgan fingerprint density at radius 2 is 1.88 bits per heavy atom. The lowest BCUT2D eigenvalue weighted by atomic mass is 10.1. The van der Waals surface area contributed by atoms with Crippen LogP contribution in [-0.2, 0) is 0 Å². The molecule has 0 aromatic heterocycles. The quantitative estimate of drug-likeness (QED) is 0.684. The van der Waals surface area contributed by atoms with Gasteiger partial charge in [0.25, 0.3) is 0 Å². The summed E-state index contributed by atoms with van der Waals surface area (Å²) >= 11 is 1.97. The SMILES string of the molecule is Cc1ccccc1C1=[N+](C)C2C=CC=CC2S1. The Hall–Kier alpha value is -1.28. The van der Waals surface area contributed by atoms with E-state index in [1.807, 2.05) is 11.8 Å². The van der Waals surface area contributed by atoms with Crippen molar-refractivity contribution in [2.75, 3.05) is 7.05 Å². The zero-order chi connectivity index (χ0) is 11.8. The third-order valence-corrected chi connectivity index (χ3v) is 4.89. The van der Waals surface area contributed by atoms with Gasteiger partial charge in [0.2, 0.25) is 5.04 Å². The minimum atomic E-state index is 0.514. The topological polar surface area (TPSA) is 3.01 Å². The van der Waals surface area contributed by atoms with Crippen LogP contribution in [0.2, 0.25) is 0 Å². The third-order valence-electron chi connectivity index (χ3n) is 3.45. The van der Waals surface area contributed by atoms with Gasteiger partial charge in [-0.2, -0.15) is 0 Å². The number of allylic oxidation sites excluding steroid dienone is 2. The highest BCUT2D eigenvalue weighted by Gasteiger charge is 2.39. The summed E-state index contributed by atoms with van der Waals surface area (Å²) in [4.78, 5) is 0. The number of fused-ring (bicyclic) bond motifs is 1. The maximum absolute atomic E-state index is 2.40. The zero-order valence-corrected chi connectivity index (χ0v) is 10.9. The molecule has 3 rings (SSSR count). The van der Waals surface area contributed by atoms with Gasteiger partial charge >= 0.3 is 0 Å². The predicted molar refractivity (Wildman–Crippen MR) is 74.9 cm³/mol. The molecule has 1 aliphatic heterocycles. The lowest BCUT2D eigenvalue weighted by Crippen LogP contribution is -2.26. The molecule has 2 atom stereocenters. The second-order valence-electron chi connectivity index (χ2n) is 4.57. The van der Waals surface area contributed by atoms with Crippen molar-refractivity contribution < 1.29 is 4.58 Å². The molecule has 1 aromatic carbocycles. The van der Waals surface area contributed by atoms with Crippen molar-refractivity contribution in [3.05, 3.63) is 59.7 Å². The van der Waals surface area contributed by atoms with Gasteiger partial charge in [-0.3, -0.25) is 0 Å². The monoisotopic (exact) mass is 242 g/mol. The Labute approximate surface area is 107 Å². The van der Waals surface area contributed by atoms with Gasteiger partial charge < -0.3 is 0 Å². The van der Waals surface area contributed by atoms with Crippen LogP contribution in [-0.4, -0.2) is 28.0 Å². The number of thioether (sulfide) groups is 1. The molecule has 0 spiro atoms. The molecule has 2 unspecified atom stereocenters. The van der Waals surface area contributed by atoms with E-state index in [0.717, 1.165) is 0 Å². The molecule has 0 saturated heterocycles. The fraction of sp³-hybridized carbons (Fsp3) is 0.267. The van der Waals surface area contributed by atoms with Crippen LogP contribution in [0.1, 0.15) is 11.1 Å². The molecule has 0 saturated carbocycles. The molecule has 1 aromatic rings. The maximum atomic E-state index is 2.40. The molecule has 86 valence electrons. The summed E-state index contributed by atoms with van der Waals surface area (Å²) in [7, 11) is 2.20. The van der Waals surface area contributed by atoms with E-state index in [2.05, 4.69) is 67.1 Å². The predicted octanol–water partition coefficient (Wildman–Crippen LogP) is 2.99. The summed E-state index contributed by atoms with van der Waals surface area (Å²) in [6, 6.07) is 9.15. The second kappa shape index (κ2) is 4.19. The second-order valence-corrected chi connectivity index (χ2v) is 5.74. The number of rotatable bonds is 1. The fourth-order valence-corrected chi connectivity index (χ4v) is 3.93. The van der Waals surface area contributed by atoms with Crippen molar-refractivity contribution in [3.63, 3.8) is 0 Å². The molecular formula is C15H16NS+. The van der Waals surface area contributed by atoms with Crippen molar-refractivity contribution in [2.45, 2.75) is 18.2 Å². The molecule has 1 aliphatic carbocycles. The van der Waals surface area contributed by atoms with Crippen molar-refractivity contribution in [1.29, 1.82) is 0 Å². The highest BCUT2D eigenvalue weighted by molar-refractivity contribution is 8.15. The largest absolute Gasteiger partial charge is 0.243 e. The molecule has 0 bridgehead atoms. The van der Waals surface area contributed by atoms with Gasteiger partial charge in [0.1, 0.15) is 7.05 Å². The lowest BCUT2D eigenvalue weighted by molar-refractivity contribution is -0.517. The van der Waals surface area contributed by atoms with Gasteiger partial charge in [-0.25, -0.2) is 4.58 Å². The minimum Gasteiger partial charge on any atom is -0.219 e. The number of likely N-dealkylation sites (N-methyl/N-ethyl adjacent to an activating group) is 1. The Balaban J connectivity index is 2.05. The number of hydrogen-bond donors (Lipinski definition) is 0. The molecule has 1 nitrogen and oxygen atoms in total. The molecular weight excluding hydrogens is 226 g/mol. The molecule has 0 fully saturated rings. The van der Waals surface area contributed by atoms with E-state index >= 15 is 0 Å². The van der Waals surface area contributed by atoms with E-state index in [4.69, 9.17) is 0 Å². The van der Waals surface area contributed by atoms with E-state index in [9.17, 15) is 0 Å². The van der Waals surface area contributed by atoms with E-state index in [0.29, 0.717) is 11.3 Å². The summed E-state index contributed by atoms with van der Waals surface area (Å²) in [5, 5.41) is 1.97. The Kier molecular flexibility index (Phi) is 2.67. The summed E-state index contributed by atoms with van der Waals surface area (Å²) in [6.07, 6.45) is 8.90. The molecule has 0 radical (unpaired) electrons. The van der Waals surface area contributed by atoms with Gasteiger partial charge in [0, 0.05) is 0 Å². The highest BCUT2D eigenvalue weighted by Crippen LogP contribution is 2.33. The Morgan fingerprint density at radius 3 is 2.65 bits per heavy atom. The van der Waals surface area contributed by atoms with E-state index in [1.165, 1.54) is 16.2 Å². The first-order valence-corrected chi connectivity index (χ1v) is 6.83. The van der Waals surface area contributed by atoms with Crippen LogP contribution in [0.4, 0.5) is 0 Å². The molecule has 2 heteroatoms. The van der Waals surface area contributed by atoms with Crippen molar-refractivity contribution >= 4 is 16.8 Å². The van der Waals surface area contributed by atoms with Gasteiger partial charge in [-0.1, -0.05) is 36.4 Å². The van der Waals surface area contributed by atoms with Crippen molar-refractivity contribution in [2.24, 2.45) is 0 Å². The molecule has 0 amide bonds. The van der Waals surface area contributed by atoms with E-state index < -0.39 is 0 Å². The molecule has 1 heterocycles. The lowest BCUT2D eigenvalue weighted by Gasteiger charge is -2.09. The van der Waals surface area contributed by atoms with Crippen LogP contribution < -0.4 is 0 Å². The summed E-state index contributed by atoms with van der Waals surface area (Å²) in [5.74, 6) is 0. The van der Waals surface area contributed by atoms with Gasteiger partial charge in [-0.15, -0.1) is 0 Å². The van der Waals surface area contributed by atoms with Crippen LogP contribution in [0.5, 0.6) is 0 Å². The minimum absolute atomic E-state index is 0.514. The maximum Gasteiger partial charge on any atom is 0.243 e. The summed E-state index contributed by atoms with van der Waals surface area (Å²) < 4.78 is 2.40. The van der Waals surface area contributed by atoms with Crippen LogP contribution in [0.3, 0.4) is 0 Å². The smallest absolute Gasteiger partial charge is 0.219 e. The standard InChI is InChI=1S/C15H16NS/c1-11-7-3-4-8-12(11)15-16(2)13-9-5-6-10-14(13)17-15/h3-10,13-14H,1-2H3/q+1. The first kappa shape index (κ1) is 10.8. The number of aryl methyl sites for hydroxylation is 1. The van der Waals surface area contributed by atoms with Crippen LogP contribution in [0, 0.1) is 6.92 Å². The van der Waals surface area contributed by atoms with Gasteiger partial charge in [0.15, 0.2) is 6.04 Å².